The van der Waals surface area contributed by atoms with E-state index in [0.717, 1.165) is 18.4 Å². The number of phenols is 1. The maximum Gasteiger partial charge on any atom is 0.119 e. The highest BCUT2D eigenvalue weighted by Gasteiger charge is 2.32. The summed E-state index contributed by atoms with van der Waals surface area (Å²) in [6, 6.07) is 14.8. The number of hydrogen-bond acceptors (Lipinski definition) is 1. The smallest absolute Gasteiger partial charge is 0.119 e. The predicted molar refractivity (Wildman–Crippen MR) is 118 cm³/mol. The number of para-hydroxylation sites is 1. The lowest BCUT2D eigenvalue weighted by molar-refractivity contribution is 0.440. The molecule has 0 aromatic heterocycles. The van der Waals surface area contributed by atoms with Crippen molar-refractivity contribution in [1.82, 2.24) is 0 Å². The first-order chi connectivity index (χ1) is 13.1. The summed E-state index contributed by atoms with van der Waals surface area (Å²) >= 11 is 0. The highest BCUT2D eigenvalue weighted by atomic mass is 16.3. The fraction of sp³-hybridized carbons (Fsp3) is 0.538. The molecule has 0 radical (unpaired) electrons. The van der Waals surface area contributed by atoms with Crippen molar-refractivity contribution in [1.29, 1.82) is 0 Å². The largest absolute Gasteiger partial charge is 0.508 e. The van der Waals surface area contributed by atoms with Gasteiger partial charge < -0.3 is 5.11 Å². The number of aromatic hydroxyl groups is 1. The summed E-state index contributed by atoms with van der Waals surface area (Å²) in [7, 11) is 0. The summed E-state index contributed by atoms with van der Waals surface area (Å²) in [6.07, 6.45) is 10.9. The molecule has 0 amide bonds. The Hall–Kier alpha value is -1.76. The monoisotopic (exact) mass is 366 g/mol. The standard InChI is InChI=1S/C26H38O/c1-5-8-10-15-21-16-14-19-23(22(21)17-11-9-6-2)26(4,7-3)24-18-12-13-20-25(24)27/h12-14,16,18-20,27H,5-11,15,17H2,1-4H3. The van der Waals surface area contributed by atoms with E-state index in [2.05, 4.69) is 52.0 Å². The molecule has 1 atom stereocenters. The summed E-state index contributed by atoms with van der Waals surface area (Å²) in [5, 5.41) is 10.6. The second-order valence-corrected chi connectivity index (χ2v) is 8.06. The predicted octanol–water partition coefficient (Wildman–Crippen LogP) is 7.57. The van der Waals surface area contributed by atoms with E-state index in [1.54, 1.807) is 0 Å². The lowest BCUT2D eigenvalue weighted by atomic mass is 9.70. The first-order valence-electron chi connectivity index (χ1n) is 11.0. The van der Waals surface area contributed by atoms with Crippen LogP contribution in [0.25, 0.3) is 0 Å². The number of unbranched alkanes of at least 4 members (excludes halogenated alkanes) is 4. The van der Waals surface area contributed by atoms with Gasteiger partial charge >= 0.3 is 0 Å². The molecule has 1 heteroatoms. The minimum Gasteiger partial charge on any atom is -0.508 e. The van der Waals surface area contributed by atoms with Gasteiger partial charge in [-0.15, -0.1) is 0 Å². The first-order valence-corrected chi connectivity index (χ1v) is 11.0. The Balaban J connectivity index is 2.51. The summed E-state index contributed by atoms with van der Waals surface area (Å²) in [5.41, 5.74) is 5.36. The van der Waals surface area contributed by atoms with Gasteiger partial charge in [0.2, 0.25) is 0 Å². The molecule has 2 aromatic rings. The number of phenolic OH excluding ortho intramolecular Hbond substituents is 1. The minimum absolute atomic E-state index is 0.159. The highest BCUT2D eigenvalue weighted by Crippen LogP contribution is 2.42. The molecule has 1 N–H and O–H groups in total. The zero-order valence-electron chi connectivity index (χ0n) is 17.9. The van der Waals surface area contributed by atoms with Crippen molar-refractivity contribution in [3.8, 4) is 5.75 Å². The van der Waals surface area contributed by atoms with Gasteiger partial charge in [-0.3, -0.25) is 0 Å². The molecule has 0 heterocycles. The van der Waals surface area contributed by atoms with Crippen LogP contribution < -0.4 is 0 Å². The van der Waals surface area contributed by atoms with E-state index in [-0.39, 0.29) is 5.41 Å². The Morgan fingerprint density at radius 2 is 1.37 bits per heavy atom. The Bertz CT molecular complexity index is 703. The van der Waals surface area contributed by atoms with Crippen LogP contribution in [-0.4, -0.2) is 5.11 Å². The molecule has 1 nitrogen and oxygen atoms in total. The fourth-order valence-corrected chi connectivity index (χ4v) is 4.26. The van der Waals surface area contributed by atoms with Gasteiger partial charge in [-0.2, -0.15) is 0 Å². The van der Waals surface area contributed by atoms with Crippen molar-refractivity contribution in [2.24, 2.45) is 0 Å². The molecule has 0 spiro atoms. The fourth-order valence-electron chi connectivity index (χ4n) is 4.26. The van der Waals surface area contributed by atoms with Gasteiger partial charge in [0.15, 0.2) is 0 Å². The van der Waals surface area contributed by atoms with E-state index < -0.39 is 0 Å². The zero-order valence-corrected chi connectivity index (χ0v) is 17.9. The van der Waals surface area contributed by atoms with E-state index in [9.17, 15) is 5.11 Å². The van der Waals surface area contributed by atoms with Gasteiger partial charge in [-0.05, 0) is 54.9 Å². The average Bonchev–Trinajstić information content (AvgIpc) is 2.69. The topological polar surface area (TPSA) is 20.2 Å². The molecule has 2 aromatic carbocycles. The molecule has 0 aliphatic carbocycles. The van der Waals surface area contributed by atoms with Gasteiger partial charge in [0.05, 0.1) is 0 Å². The van der Waals surface area contributed by atoms with Crippen molar-refractivity contribution in [2.75, 3.05) is 0 Å². The van der Waals surface area contributed by atoms with Crippen LogP contribution in [0, 0.1) is 0 Å². The third kappa shape index (κ3) is 5.15. The second-order valence-electron chi connectivity index (χ2n) is 8.06. The molecule has 1 unspecified atom stereocenters. The third-order valence-electron chi connectivity index (χ3n) is 6.15. The Morgan fingerprint density at radius 1 is 0.741 bits per heavy atom. The molecule has 148 valence electrons. The van der Waals surface area contributed by atoms with Crippen LogP contribution in [0.2, 0.25) is 0 Å². The highest BCUT2D eigenvalue weighted by molar-refractivity contribution is 5.50. The molecular weight excluding hydrogens is 328 g/mol. The van der Waals surface area contributed by atoms with Gasteiger partial charge in [-0.1, -0.05) is 89.8 Å². The van der Waals surface area contributed by atoms with Crippen molar-refractivity contribution in [3.05, 3.63) is 64.7 Å². The molecule has 0 bridgehead atoms. The summed E-state index contributed by atoms with van der Waals surface area (Å²) < 4.78 is 0. The molecule has 27 heavy (non-hydrogen) atoms. The van der Waals surface area contributed by atoms with Crippen LogP contribution in [0.3, 0.4) is 0 Å². The van der Waals surface area contributed by atoms with Crippen molar-refractivity contribution in [3.63, 3.8) is 0 Å². The molecule has 0 aliphatic heterocycles. The number of rotatable bonds is 11. The number of benzene rings is 2. The lowest BCUT2D eigenvalue weighted by Crippen LogP contribution is -2.25. The average molecular weight is 367 g/mol. The van der Waals surface area contributed by atoms with Crippen molar-refractivity contribution >= 4 is 0 Å². The molecule has 0 fully saturated rings. The van der Waals surface area contributed by atoms with Crippen LogP contribution >= 0.6 is 0 Å². The van der Waals surface area contributed by atoms with Crippen LogP contribution in [0.1, 0.15) is 94.9 Å². The quantitative estimate of drug-likeness (QED) is 0.406. The van der Waals surface area contributed by atoms with Crippen LogP contribution in [0.4, 0.5) is 0 Å². The van der Waals surface area contributed by atoms with E-state index in [1.807, 2.05) is 18.2 Å². The van der Waals surface area contributed by atoms with Crippen LogP contribution in [0.5, 0.6) is 5.75 Å². The Kier molecular flexibility index (Phi) is 8.41. The van der Waals surface area contributed by atoms with Crippen molar-refractivity contribution in [2.45, 2.75) is 90.9 Å². The first kappa shape index (κ1) is 21.5. The summed E-state index contributed by atoms with van der Waals surface area (Å²) in [6.45, 7) is 9.08. The zero-order chi connectivity index (χ0) is 19.7. The van der Waals surface area contributed by atoms with E-state index in [0.29, 0.717) is 5.75 Å². The van der Waals surface area contributed by atoms with E-state index >= 15 is 0 Å². The number of hydrogen-bond donors (Lipinski definition) is 1. The second kappa shape index (κ2) is 10.5. The SMILES string of the molecule is CCCCCc1cccc(C(C)(CC)c2ccccc2O)c1CCCCC. The van der Waals surface area contributed by atoms with Gasteiger partial charge in [0.1, 0.15) is 5.75 Å². The molecule has 0 aliphatic rings. The van der Waals surface area contributed by atoms with Gasteiger partial charge in [0, 0.05) is 11.0 Å². The van der Waals surface area contributed by atoms with Crippen molar-refractivity contribution < 1.29 is 5.11 Å². The Morgan fingerprint density at radius 3 is 2.00 bits per heavy atom. The normalized spacial score (nSPS) is 13.5. The molecule has 2 rings (SSSR count). The van der Waals surface area contributed by atoms with E-state index in [4.69, 9.17) is 0 Å². The minimum atomic E-state index is -0.159. The van der Waals surface area contributed by atoms with Gasteiger partial charge in [-0.25, -0.2) is 0 Å². The van der Waals surface area contributed by atoms with Crippen LogP contribution in [0.15, 0.2) is 42.5 Å². The van der Waals surface area contributed by atoms with E-state index in [1.165, 1.54) is 61.6 Å². The van der Waals surface area contributed by atoms with Gasteiger partial charge in [0.25, 0.3) is 0 Å². The molecule has 0 saturated heterocycles. The maximum absolute atomic E-state index is 10.6. The summed E-state index contributed by atoms with van der Waals surface area (Å²) in [4.78, 5) is 0. The Labute approximate surface area is 166 Å². The number of aryl methyl sites for hydroxylation is 1. The lowest BCUT2D eigenvalue weighted by Gasteiger charge is -2.33. The van der Waals surface area contributed by atoms with Crippen LogP contribution in [-0.2, 0) is 18.3 Å². The maximum atomic E-state index is 10.6. The molecule has 0 saturated carbocycles. The third-order valence-corrected chi connectivity index (χ3v) is 6.15. The molecular formula is C26H38O. The summed E-state index contributed by atoms with van der Waals surface area (Å²) in [5.74, 6) is 0.415.